The lowest BCUT2D eigenvalue weighted by atomic mass is 10.1. The summed E-state index contributed by atoms with van der Waals surface area (Å²) in [5.74, 6) is 0.483. The number of anilines is 3. The highest BCUT2D eigenvalue weighted by molar-refractivity contribution is 5.74. The molecule has 0 spiro atoms. The zero-order valence-electron chi connectivity index (χ0n) is 8.81. The smallest absolute Gasteiger partial charge is 0.222 e. The lowest BCUT2D eigenvalue weighted by Crippen LogP contribution is -2.05. The number of hydrogen-bond donors (Lipinski definition) is 3. The largest absolute Gasteiger partial charge is 0.397 e. The molecule has 16 heavy (non-hydrogen) atoms. The Bertz CT molecular complexity index is 496. The monoisotopic (exact) mass is 216 g/mol. The lowest BCUT2D eigenvalue weighted by molar-refractivity contribution is 1.12. The van der Waals surface area contributed by atoms with Gasteiger partial charge in [-0.05, 0) is 19.1 Å². The Morgan fingerprint density at radius 1 is 1.06 bits per heavy atom. The van der Waals surface area contributed by atoms with Gasteiger partial charge in [-0.2, -0.15) is 4.98 Å². The predicted octanol–water partition coefficient (Wildman–Crippen LogP) is 0.594. The van der Waals surface area contributed by atoms with Gasteiger partial charge in [0, 0.05) is 0 Å². The van der Waals surface area contributed by atoms with Crippen molar-refractivity contribution in [3.05, 3.63) is 24.0 Å². The van der Waals surface area contributed by atoms with Crippen molar-refractivity contribution in [1.29, 1.82) is 0 Å². The van der Waals surface area contributed by atoms with E-state index < -0.39 is 0 Å². The number of nitrogens with two attached hydrogens (primary N) is 3. The Kier molecular flexibility index (Phi) is 2.32. The lowest BCUT2D eigenvalue weighted by Gasteiger charge is -2.08. The van der Waals surface area contributed by atoms with Crippen molar-refractivity contribution in [2.75, 3.05) is 17.2 Å². The van der Waals surface area contributed by atoms with Crippen LogP contribution >= 0.6 is 0 Å². The minimum absolute atomic E-state index is 0.161. The zero-order valence-corrected chi connectivity index (χ0v) is 8.81. The van der Waals surface area contributed by atoms with Crippen molar-refractivity contribution in [1.82, 2.24) is 15.0 Å². The second-order valence-electron chi connectivity index (χ2n) is 3.40. The van der Waals surface area contributed by atoms with Crippen LogP contribution in [0.5, 0.6) is 0 Å². The highest BCUT2D eigenvalue weighted by Gasteiger charge is 2.11. The zero-order chi connectivity index (χ0) is 11.7. The molecule has 6 nitrogen and oxygen atoms in total. The van der Waals surface area contributed by atoms with E-state index in [1.807, 2.05) is 6.92 Å². The Morgan fingerprint density at radius 2 is 1.81 bits per heavy atom. The summed E-state index contributed by atoms with van der Waals surface area (Å²) < 4.78 is 0. The molecule has 0 radical (unpaired) electrons. The molecule has 2 aromatic rings. The first kappa shape index (κ1) is 10.2. The van der Waals surface area contributed by atoms with Crippen LogP contribution in [-0.4, -0.2) is 15.0 Å². The van der Waals surface area contributed by atoms with Crippen molar-refractivity contribution in [2.45, 2.75) is 6.92 Å². The highest BCUT2D eigenvalue weighted by atomic mass is 15.0. The minimum atomic E-state index is 0.161. The fraction of sp³-hybridized carbons (Fsp3) is 0.100. The van der Waals surface area contributed by atoms with Gasteiger partial charge < -0.3 is 17.2 Å². The second kappa shape index (κ2) is 3.65. The summed E-state index contributed by atoms with van der Waals surface area (Å²) in [4.78, 5) is 12.1. The molecular weight excluding hydrogens is 204 g/mol. The van der Waals surface area contributed by atoms with Crippen molar-refractivity contribution >= 4 is 17.5 Å². The van der Waals surface area contributed by atoms with E-state index in [0.29, 0.717) is 28.5 Å². The van der Waals surface area contributed by atoms with Gasteiger partial charge in [0.2, 0.25) is 5.95 Å². The van der Waals surface area contributed by atoms with E-state index in [1.165, 1.54) is 0 Å². The third-order valence-electron chi connectivity index (χ3n) is 2.18. The maximum atomic E-state index is 5.79. The molecule has 2 aromatic heterocycles. The van der Waals surface area contributed by atoms with Crippen molar-refractivity contribution in [3.63, 3.8) is 0 Å². The Morgan fingerprint density at radius 3 is 2.38 bits per heavy atom. The average molecular weight is 216 g/mol. The Hall–Kier alpha value is -2.37. The molecule has 6 heteroatoms. The van der Waals surface area contributed by atoms with Crippen LogP contribution in [0.3, 0.4) is 0 Å². The minimum Gasteiger partial charge on any atom is -0.397 e. The van der Waals surface area contributed by atoms with Crippen LogP contribution in [0.2, 0.25) is 0 Å². The van der Waals surface area contributed by atoms with Gasteiger partial charge in [-0.15, -0.1) is 0 Å². The van der Waals surface area contributed by atoms with Gasteiger partial charge in [0.1, 0.15) is 5.82 Å². The molecule has 0 aliphatic carbocycles. The van der Waals surface area contributed by atoms with Crippen LogP contribution in [0.1, 0.15) is 5.69 Å². The van der Waals surface area contributed by atoms with E-state index in [4.69, 9.17) is 17.2 Å². The van der Waals surface area contributed by atoms with Gasteiger partial charge in [0.15, 0.2) is 0 Å². The van der Waals surface area contributed by atoms with Gasteiger partial charge in [-0.3, -0.25) is 4.98 Å². The molecule has 0 aliphatic rings. The first-order valence-electron chi connectivity index (χ1n) is 4.69. The molecule has 0 aromatic carbocycles. The quantitative estimate of drug-likeness (QED) is 0.642. The number of aryl methyl sites for hydroxylation is 1. The van der Waals surface area contributed by atoms with E-state index in [-0.39, 0.29) is 5.95 Å². The first-order chi connectivity index (χ1) is 7.58. The molecule has 0 unspecified atom stereocenters. The van der Waals surface area contributed by atoms with Gasteiger partial charge in [-0.1, -0.05) is 0 Å². The molecule has 0 bridgehead atoms. The molecule has 0 saturated carbocycles. The third kappa shape index (κ3) is 1.72. The van der Waals surface area contributed by atoms with Crippen LogP contribution in [0, 0.1) is 6.92 Å². The van der Waals surface area contributed by atoms with E-state index in [1.54, 1.807) is 18.3 Å². The Labute approximate surface area is 92.5 Å². The second-order valence-corrected chi connectivity index (χ2v) is 3.40. The molecule has 6 N–H and O–H groups in total. The number of nitrogen functional groups attached to an aromatic ring is 3. The van der Waals surface area contributed by atoms with Gasteiger partial charge >= 0.3 is 0 Å². The van der Waals surface area contributed by atoms with Crippen molar-refractivity contribution < 1.29 is 0 Å². The molecular formula is C10H12N6. The number of nitrogens with zero attached hydrogens (tertiary/aromatic N) is 3. The Balaban J connectivity index is 2.60. The molecule has 0 fully saturated rings. The van der Waals surface area contributed by atoms with Gasteiger partial charge in [-0.25, -0.2) is 4.98 Å². The number of rotatable bonds is 1. The standard InChI is InChI=1S/C10H12N6/c1-5-8(9(12)16-10(13)15-5)7-3-2-6(11)4-14-7/h2-4H,11H2,1H3,(H4,12,13,15,16). The van der Waals surface area contributed by atoms with E-state index in [2.05, 4.69) is 15.0 Å². The van der Waals surface area contributed by atoms with Crippen molar-refractivity contribution in [3.8, 4) is 11.3 Å². The number of aromatic nitrogens is 3. The molecule has 0 amide bonds. The van der Waals surface area contributed by atoms with Crippen LogP contribution in [-0.2, 0) is 0 Å². The summed E-state index contributed by atoms with van der Waals surface area (Å²) in [6.07, 6.45) is 1.56. The first-order valence-corrected chi connectivity index (χ1v) is 4.69. The topological polar surface area (TPSA) is 117 Å². The fourth-order valence-electron chi connectivity index (χ4n) is 1.49. The van der Waals surface area contributed by atoms with Gasteiger partial charge in [0.05, 0.1) is 28.8 Å². The molecule has 0 atom stereocenters. The maximum Gasteiger partial charge on any atom is 0.222 e. The molecule has 0 aliphatic heterocycles. The predicted molar refractivity (Wildman–Crippen MR) is 63.2 cm³/mol. The summed E-state index contributed by atoms with van der Waals surface area (Å²) in [5, 5.41) is 0. The maximum absolute atomic E-state index is 5.79. The number of pyridine rings is 1. The van der Waals surface area contributed by atoms with E-state index in [0.717, 1.165) is 0 Å². The summed E-state index contributed by atoms with van der Waals surface area (Å²) in [5.41, 5.74) is 19.5. The van der Waals surface area contributed by atoms with E-state index >= 15 is 0 Å². The van der Waals surface area contributed by atoms with Crippen LogP contribution < -0.4 is 17.2 Å². The molecule has 0 saturated heterocycles. The number of hydrogen-bond acceptors (Lipinski definition) is 6. The van der Waals surface area contributed by atoms with Gasteiger partial charge in [0.25, 0.3) is 0 Å². The summed E-state index contributed by atoms with van der Waals surface area (Å²) in [6.45, 7) is 1.81. The highest BCUT2D eigenvalue weighted by Crippen LogP contribution is 2.26. The van der Waals surface area contributed by atoms with Crippen LogP contribution in [0.4, 0.5) is 17.5 Å². The fourth-order valence-corrected chi connectivity index (χ4v) is 1.49. The summed E-state index contributed by atoms with van der Waals surface area (Å²) in [7, 11) is 0. The average Bonchev–Trinajstić information content (AvgIpc) is 2.19. The SMILES string of the molecule is Cc1nc(N)nc(N)c1-c1ccc(N)cn1. The van der Waals surface area contributed by atoms with Crippen molar-refractivity contribution in [2.24, 2.45) is 0 Å². The molecule has 2 rings (SSSR count). The van der Waals surface area contributed by atoms with Crippen LogP contribution in [0.15, 0.2) is 18.3 Å². The third-order valence-corrected chi connectivity index (χ3v) is 2.18. The normalized spacial score (nSPS) is 10.3. The molecule has 82 valence electrons. The summed E-state index contributed by atoms with van der Waals surface area (Å²) in [6, 6.07) is 3.52. The molecule has 2 heterocycles. The summed E-state index contributed by atoms with van der Waals surface area (Å²) >= 11 is 0. The van der Waals surface area contributed by atoms with E-state index in [9.17, 15) is 0 Å². The van der Waals surface area contributed by atoms with Crippen LogP contribution in [0.25, 0.3) is 11.3 Å².